The number of rotatable bonds is 1. The molecule has 0 aliphatic carbocycles. The molecule has 1 aromatic rings. The van der Waals surface area contributed by atoms with Crippen LogP contribution in [0.2, 0.25) is 0 Å². The summed E-state index contributed by atoms with van der Waals surface area (Å²) in [6.07, 6.45) is 0.429. The first-order chi connectivity index (χ1) is 7.18. The Balaban J connectivity index is 2.44. The Hall–Kier alpha value is -1.22. The molecule has 0 saturated heterocycles. The second-order valence-corrected chi connectivity index (χ2v) is 3.89. The summed E-state index contributed by atoms with van der Waals surface area (Å²) in [5.74, 6) is 1.57. The van der Waals surface area contributed by atoms with Crippen molar-refractivity contribution in [1.29, 1.82) is 0 Å². The monoisotopic (exact) mass is 208 g/mol. The van der Waals surface area contributed by atoms with E-state index in [2.05, 4.69) is 0 Å². The van der Waals surface area contributed by atoms with E-state index in [1.54, 1.807) is 6.92 Å². The van der Waals surface area contributed by atoms with E-state index in [4.69, 9.17) is 9.47 Å². The van der Waals surface area contributed by atoms with Crippen molar-refractivity contribution in [2.24, 2.45) is 0 Å². The van der Waals surface area contributed by atoms with Crippen LogP contribution < -0.4 is 9.47 Å². The summed E-state index contributed by atoms with van der Waals surface area (Å²) < 4.78 is 11.2. The quantitative estimate of drug-likeness (QED) is 0.769. The third-order valence-corrected chi connectivity index (χ3v) is 2.54. The van der Waals surface area contributed by atoms with E-state index in [1.807, 2.05) is 19.1 Å². The molecule has 0 saturated carbocycles. The fourth-order valence-electron chi connectivity index (χ4n) is 1.72. The van der Waals surface area contributed by atoms with Crippen LogP contribution in [0.25, 0.3) is 0 Å². The van der Waals surface area contributed by atoms with Gasteiger partial charge in [0.15, 0.2) is 11.5 Å². The molecular weight excluding hydrogens is 192 g/mol. The summed E-state index contributed by atoms with van der Waals surface area (Å²) in [6, 6.07) is 3.80. The highest BCUT2D eigenvalue weighted by molar-refractivity contribution is 5.49. The largest absolute Gasteiger partial charge is 0.490 e. The van der Waals surface area contributed by atoms with E-state index >= 15 is 0 Å². The van der Waals surface area contributed by atoms with Crippen LogP contribution in [0.15, 0.2) is 12.1 Å². The third-order valence-electron chi connectivity index (χ3n) is 2.54. The normalized spacial score (nSPS) is 17.0. The zero-order valence-electron chi connectivity index (χ0n) is 9.12. The predicted octanol–water partition coefficient (Wildman–Crippen LogP) is 2.21. The van der Waals surface area contributed by atoms with Gasteiger partial charge in [0.05, 0.1) is 19.3 Å². The van der Waals surface area contributed by atoms with Gasteiger partial charge in [0.2, 0.25) is 0 Å². The fourth-order valence-corrected chi connectivity index (χ4v) is 1.72. The number of aryl methyl sites for hydroxylation is 1. The lowest BCUT2D eigenvalue weighted by Gasteiger charge is -2.13. The van der Waals surface area contributed by atoms with Gasteiger partial charge in [0.25, 0.3) is 0 Å². The van der Waals surface area contributed by atoms with Crippen LogP contribution in [0.4, 0.5) is 0 Å². The van der Waals surface area contributed by atoms with Crippen LogP contribution in [0.3, 0.4) is 0 Å². The van der Waals surface area contributed by atoms with E-state index in [1.165, 1.54) is 0 Å². The first-order valence-corrected chi connectivity index (χ1v) is 5.26. The Bertz CT molecular complexity index is 358. The molecular formula is C12H16O3. The summed E-state index contributed by atoms with van der Waals surface area (Å²) >= 11 is 0. The molecule has 1 aliphatic heterocycles. The van der Waals surface area contributed by atoms with E-state index in [-0.39, 0.29) is 0 Å². The number of hydrogen-bond acceptors (Lipinski definition) is 3. The first-order valence-electron chi connectivity index (χ1n) is 5.26. The molecule has 0 radical (unpaired) electrons. The van der Waals surface area contributed by atoms with Gasteiger partial charge in [-0.3, -0.25) is 0 Å². The van der Waals surface area contributed by atoms with E-state index < -0.39 is 6.10 Å². The molecule has 82 valence electrons. The van der Waals surface area contributed by atoms with Gasteiger partial charge in [-0.25, -0.2) is 0 Å². The summed E-state index contributed by atoms with van der Waals surface area (Å²) in [6.45, 7) is 5.09. The topological polar surface area (TPSA) is 38.7 Å². The molecule has 3 heteroatoms. The standard InChI is InChI=1S/C12H16O3/c1-8-6-10(9(2)13)7-11-12(8)15-5-3-4-14-11/h6-7,9,13H,3-5H2,1-2H3. The molecule has 1 unspecified atom stereocenters. The first kappa shape index (κ1) is 10.3. The minimum absolute atomic E-state index is 0.471. The number of aliphatic hydroxyl groups is 1. The Morgan fingerprint density at radius 1 is 1.27 bits per heavy atom. The molecule has 0 aromatic heterocycles. The van der Waals surface area contributed by atoms with E-state index in [0.29, 0.717) is 13.2 Å². The smallest absolute Gasteiger partial charge is 0.164 e. The van der Waals surface area contributed by atoms with Crippen LogP contribution in [0, 0.1) is 6.92 Å². The molecule has 1 aromatic carbocycles. The molecule has 1 aliphatic rings. The van der Waals surface area contributed by atoms with Crippen molar-refractivity contribution in [2.45, 2.75) is 26.4 Å². The lowest BCUT2D eigenvalue weighted by molar-refractivity contribution is 0.198. The highest BCUT2D eigenvalue weighted by Gasteiger charge is 2.15. The molecule has 0 amide bonds. The van der Waals surface area contributed by atoms with Crippen molar-refractivity contribution in [3.63, 3.8) is 0 Å². The molecule has 1 N–H and O–H groups in total. The molecule has 3 nitrogen and oxygen atoms in total. The molecule has 0 fully saturated rings. The van der Waals surface area contributed by atoms with Gasteiger partial charge in [-0.05, 0) is 37.1 Å². The molecule has 2 rings (SSSR count). The Morgan fingerprint density at radius 2 is 2.00 bits per heavy atom. The van der Waals surface area contributed by atoms with Crippen LogP contribution in [-0.2, 0) is 0 Å². The minimum Gasteiger partial charge on any atom is -0.490 e. The number of fused-ring (bicyclic) bond motifs is 1. The van der Waals surface area contributed by atoms with Crippen LogP contribution in [-0.4, -0.2) is 18.3 Å². The SMILES string of the molecule is Cc1cc(C(C)O)cc2c1OCCCO2. The number of benzene rings is 1. The van der Waals surface area contributed by atoms with Crippen molar-refractivity contribution in [1.82, 2.24) is 0 Å². The van der Waals surface area contributed by atoms with Crippen molar-refractivity contribution < 1.29 is 14.6 Å². The lowest BCUT2D eigenvalue weighted by atomic mass is 10.1. The van der Waals surface area contributed by atoms with Crippen molar-refractivity contribution in [3.8, 4) is 11.5 Å². The predicted molar refractivity (Wildman–Crippen MR) is 57.4 cm³/mol. The van der Waals surface area contributed by atoms with Gasteiger partial charge < -0.3 is 14.6 Å². The zero-order chi connectivity index (χ0) is 10.8. The Labute approximate surface area is 89.6 Å². The van der Waals surface area contributed by atoms with E-state index in [0.717, 1.165) is 29.0 Å². The number of ether oxygens (including phenoxy) is 2. The number of hydrogen-bond donors (Lipinski definition) is 1. The molecule has 15 heavy (non-hydrogen) atoms. The molecule has 1 heterocycles. The maximum Gasteiger partial charge on any atom is 0.164 e. The van der Waals surface area contributed by atoms with Gasteiger partial charge in [0.1, 0.15) is 0 Å². The average molecular weight is 208 g/mol. The maximum absolute atomic E-state index is 9.52. The van der Waals surface area contributed by atoms with E-state index in [9.17, 15) is 5.11 Å². The van der Waals surface area contributed by atoms with Gasteiger partial charge >= 0.3 is 0 Å². The van der Waals surface area contributed by atoms with Crippen LogP contribution in [0.5, 0.6) is 11.5 Å². The minimum atomic E-state index is -0.471. The molecule has 1 atom stereocenters. The molecule has 0 bridgehead atoms. The maximum atomic E-state index is 9.52. The summed E-state index contributed by atoms with van der Waals surface area (Å²) in [7, 11) is 0. The van der Waals surface area contributed by atoms with Crippen LogP contribution >= 0.6 is 0 Å². The highest BCUT2D eigenvalue weighted by atomic mass is 16.5. The van der Waals surface area contributed by atoms with Gasteiger partial charge in [-0.1, -0.05) is 0 Å². The van der Waals surface area contributed by atoms with Crippen molar-refractivity contribution >= 4 is 0 Å². The zero-order valence-corrected chi connectivity index (χ0v) is 9.12. The van der Waals surface area contributed by atoms with Crippen LogP contribution in [0.1, 0.15) is 30.6 Å². The summed E-state index contributed by atoms with van der Waals surface area (Å²) in [4.78, 5) is 0. The molecule has 0 spiro atoms. The third kappa shape index (κ3) is 2.07. The highest BCUT2D eigenvalue weighted by Crippen LogP contribution is 2.35. The lowest BCUT2D eigenvalue weighted by Crippen LogP contribution is -1.98. The van der Waals surface area contributed by atoms with Crippen molar-refractivity contribution in [2.75, 3.05) is 13.2 Å². The average Bonchev–Trinajstić information content (AvgIpc) is 2.42. The number of aliphatic hydroxyl groups excluding tert-OH is 1. The summed E-state index contributed by atoms with van der Waals surface area (Å²) in [5, 5.41) is 9.52. The second-order valence-electron chi connectivity index (χ2n) is 3.89. The summed E-state index contributed by atoms with van der Waals surface area (Å²) in [5.41, 5.74) is 1.89. The Morgan fingerprint density at radius 3 is 2.73 bits per heavy atom. The fraction of sp³-hybridized carbons (Fsp3) is 0.500. The van der Waals surface area contributed by atoms with Crippen molar-refractivity contribution in [3.05, 3.63) is 23.3 Å². The van der Waals surface area contributed by atoms with Gasteiger partial charge in [-0.2, -0.15) is 0 Å². The van der Waals surface area contributed by atoms with Gasteiger partial charge in [0, 0.05) is 6.42 Å². The van der Waals surface area contributed by atoms with Gasteiger partial charge in [-0.15, -0.1) is 0 Å². The second kappa shape index (κ2) is 4.11. The Kier molecular flexibility index (Phi) is 2.82.